The molecule has 0 atom stereocenters. The van der Waals surface area contributed by atoms with Gasteiger partial charge in [-0.05, 0) is 30.3 Å². The van der Waals surface area contributed by atoms with E-state index in [4.69, 9.17) is 4.74 Å². The summed E-state index contributed by atoms with van der Waals surface area (Å²) in [6.45, 7) is 6.46. The van der Waals surface area contributed by atoms with Crippen molar-refractivity contribution in [3.63, 3.8) is 0 Å². The number of anilines is 2. The molecule has 3 aromatic rings. The molecule has 0 aliphatic carbocycles. The Morgan fingerprint density at radius 3 is 2.42 bits per heavy atom. The van der Waals surface area contributed by atoms with Gasteiger partial charge in [0.05, 0.1) is 17.9 Å². The fourth-order valence-corrected chi connectivity index (χ4v) is 3.34. The van der Waals surface area contributed by atoms with Crippen LogP contribution in [0.15, 0.2) is 60.7 Å². The number of hydrogen-bond donors (Lipinski definition) is 2. The number of para-hydroxylation sites is 1. The van der Waals surface area contributed by atoms with Gasteiger partial charge in [0, 0.05) is 22.7 Å². The third-order valence-electron chi connectivity index (χ3n) is 5.09. The highest BCUT2D eigenvalue weighted by Gasteiger charge is 2.29. The van der Waals surface area contributed by atoms with Crippen molar-refractivity contribution in [3.8, 4) is 5.69 Å². The number of amides is 4. The Hall–Kier alpha value is -4.14. The summed E-state index contributed by atoms with van der Waals surface area (Å²) in [7, 11) is 0. The van der Waals surface area contributed by atoms with E-state index < -0.39 is 18.0 Å². The highest BCUT2D eigenvalue weighted by molar-refractivity contribution is 6.04. The summed E-state index contributed by atoms with van der Waals surface area (Å²) in [4.78, 5) is 38.3. The quantitative estimate of drug-likeness (QED) is 0.616. The van der Waals surface area contributed by atoms with Crippen LogP contribution in [0.5, 0.6) is 0 Å². The zero-order valence-corrected chi connectivity index (χ0v) is 18.7. The molecule has 9 nitrogen and oxygen atoms in total. The fourth-order valence-electron chi connectivity index (χ4n) is 3.34. The molecule has 1 saturated heterocycles. The number of urea groups is 1. The van der Waals surface area contributed by atoms with Gasteiger partial charge in [0.25, 0.3) is 5.91 Å². The molecule has 1 fully saturated rings. The van der Waals surface area contributed by atoms with Crippen LogP contribution in [0.2, 0.25) is 0 Å². The molecule has 1 aliphatic rings. The summed E-state index contributed by atoms with van der Waals surface area (Å²) in [6.07, 6.45) is -0.653. The molecular weight excluding hydrogens is 422 g/mol. The van der Waals surface area contributed by atoms with Crippen LogP contribution < -0.4 is 10.6 Å². The fraction of sp³-hybridized carbons (Fsp3) is 0.250. The minimum Gasteiger partial charge on any atom is -0.447 e. The van der Waals surface area contributed by atoms with Crippen molar-refractivity contribution >= 4 is 29.5 Å². The number of rotatable bonds is 4. The molecule has 2 aromatic carbocycles. The number of aromatic nitrogens is 2. The van der Waals surface area contributed by atoms with E-state index in [2.05, 4.69) is 15.7 Å². The van der Waals surface area contributed by atoms with Crippen molar-refractivity contribution in [1.29, 1.82) is 0 Å². The minimum absolute atomic E-state index is 0.183. The molecule has 1 aromatic heterocycles. The lowest BCUT2D eigenvalue weighted by Gasteiger charge is -2.14. The molecule has 0 saturated carbocycles. The average Bonchev–Trinajstić information content (AvgIpc) is 3.40. The number of nitrogens with zero attached hydrogens (tertiary/aromatic N) is 3. The van der Waals surface area contributed by atoms with Crippen molar-refractivity contribution in [2.75, 3.05) is 23.8 Å². The number of imide groups is 1. The number of nitrogens with one attached hydrogen (secondary N) is 2. The number of ether oxygens (including phenoxy) is 1. The summed E-state index contributed by atoms with van der Waals surface area (Å²) in [5.41, 5.74) is 2.03. The van der Waals surface area contributed by atoms with Gasteiger partial charge >= 0.3 is 12.1 Å². The molecule has 4 rings (SSSR count). The first-order valence-corrected chi connectivity index (χ1v) is 10.5. The normalized spacial score (nSPS) is 13.5. The predicted molar refractivity (Wildman–Crippen MR) is 124 cm³/mol. The summed E-state index contributed by atoms with van der Waals surface area (Å²) >= 11 is 0. The van der Waals surface area contributed by atoms with Crippen molar-refractivity contribution in [2.24, 2.45) is 0 Å². The van der Waals surface area contributed by atoms with Crippen LogP contribution in [-0.2, 0) is 10.2 Å². The topological polar surface area (TPSA) is 106 Å². The first-order chi connectivity index (χ1) is 15.7. The van der Waals surface area contributed by atoms with E-state index in [1.165, 1.54) is 0 Å². The van der Waals surface area contributed by atoms with Gasteiger partial charge in [0.15, 0.2) is 0 Å². The van der Waals surface area contributed by atoms with Gasteiger partial charge in [-0.2, -0.15) is 5.10 Å². The van der Waals surface area contributed by atoms with E-state index in [0.29, 0.717) is 22.8 Å². The number of carbonyl (C=O) groups is 3. The molecule has 2 N–H and O–H groups in total. The summed E-state index contributed by atoms with van der Waals surface area (Å²) in [5, 5.41) is 10.3. The number of hydrogen-bond acceptors (Lipinski definition) is 5. The molecule has 0 spiro atoms. The summed E-state index contributed by atoms with van der Waals surface area (Å²) < 4.78 is 6.44. The van der Waals surface area contributed by atoms with E-state index in [9.17, 15) is 14.4 Å². The maximum absolute atomic E-state index is 12.8. The third-order valence-corrected chi connectivity index (χ3v) is 5.09. The van der Waals surface area contributed by atoms with Crippen LogP contribution in [0.4, 0.5) is 21.1 Å². The number of cyclic esters (lactones) is 1. The first kappa shape index (κ1) is 22.1. The van der Waals surface area contributed by atoms with E-state index in [1.807, 2.05) is 39.0 Å². The molecule has 170 valence electrons. The predicted octanol–water partition coefficient (Wildman–Crippen LogP) is 4.41. The van der Waals surface area contributed by atoms with Gasteiger partial charge in [0.2, 0.25) is 0 Å². The Morgan fingerprint density at radius 1 is 1.00 bits per heavy atom. The van der Waals surface area contributed by atoms with Crippen molar-refractivity contribution in [1.82, 2.24) is 14.7 Å². The molecule has 9 heteroatoms. The Morgan fingerprint density at radius 2 is 1.76 bits per heavy atom. The second-order valence-electron chi connectivity index (χ2n) is 8.64. The molecule has 1 aliphatic heterocycles. The van der Waals surface area contributed by atoms with E-state index in [0.717, 1.165) is 10.6 Å². The molecule has 2 heterocycles. The molecule has 33 heavy (non-hydrogen) atoms. The van der Waals surface area contributed by atoms with Gasteiger partial charge in [0.1, 0.15) is 12.4 Å². The summed E-state index contributed by atoms with van der Waals surface area (Å²) in [6, 6.07) is 17.2. The average molecular weight is 447 g/mol. The van der Waals surface area contributed by atoms with E-state index in [1.54, 1.807) is 47.1 Å². The lowest BCUT2D eigenvalue weighted by atomic mass is 9.92. The summed E-state index contributed by atoms with van der Waals surface area (Å²) in [5.74, 6) is -0.00239. The molecule has 0 radical (unpaired) electrons. The lowest BCUT2D eigenvalue weighted by Crippen LogP contribution is -2.31. The van der Waals surface area contributed by atoms with Crippen LogP contribution in [0.1, 0.15) is 36.8 Å². The number of benzene rings is 2. The molecule has 4 amide bonds. The van der Waals surface area contributed by atoms with Crippen LogP contribution in [-0.4, -0.2) is 45.9 Å². The Bertz CT molecular complexity index is 1200. The van der Waals surface area contributed by atoms with Gasteiger partial charge in [-0.15, -0.1) is 0 Å². The highest BCUT2D eigenvalue weighted by Crippen LogP contribution is 2.27. The number of carbonyl (C=O) groups excluding carboxylic acids is 3. The molecule has 0 unspecified atom stereocenters. The zero-order valence-electron chi connectivity index (χ0n) is 18.7. The maximum atomic E-state index is 12.8. The van der Waals surface area contributed by atoms with Gasteiger partial charge in [-0.25, -0.2) is 19.2 Å². The van der Waals surface area contributed by atoms with Crippen molar-refractivity contribution < 1.29 is 19.1 Å². The smallest absolute Gasteiger partial charge is 0.416 e. The standard InChI is InChI=1S/C24H25N5O4/c1-24(2,3)19-15-20(26-22(31)25-17-9-5-4-6-10-17)29(27-19)18-11-7-8-16(14-18)21(30)28-12-13-33-23(28)32/h4-11,14-15H,12-13H2,1-3H3,(H2,25,26,31). The Balaban J connectivity index is 1.65. The SMILES string of the molecule is CC(C)(C)c1cc(NC(=O)Nc2ccccc2)n(-c2cccc(C(=O)N3CCOC3=O)c2)n1. The first-order valence-electron chi connectivity index (χ1n) is 10.5. The Kier molecular flexibility index (Phi) is 5.87. The van der Waals surface area contributed by atoms with Crippen LogP contribution >= 0.6 is 0 Å². The lowest BCUT2D eigenvalue weighted by molar-refractivity contribution is 0.0809. The largest absolute Gasteiger partial charge is 0.447 e. The Labute approximate surface area is 191 Å². The van der Waals surface area contributed by atoms with Crippen LogP contribution in [0.3, 0.4) is 0 Å². The van der Waals surface area contributed by atoms with Crippen molar-refractivity contribution in [3.05, 3.63) is 71.9 Å². The van der Waals surface area contributed by atoms with Gasteiger partial charge < -0.3 is 10.1 Å². The van der Waals surface area contributed by atoms with Crippen molar-refractivity contribution in [2.45, 2.75) is 26.2 Å². The van der Waals surface area contributed by atoms with Crippen LogP contribution in [0, 0.1) is 0 Å². The third kappa shape index (κ3) is 4.87. The highest BCUT2D eigenvalue weighted by atomic mass is 16.6. The maximum Gasteiger partial charge on any atom is 0.416 e. The molecule has 0 bridgehead atoms. The van der Waals surface area contributed by atoms with E-state index >= 15 is 0 Å². The second-order valence-corrected chi connectivity index (χ2v) is 8.64. The van der Waals surface area contributed by atoms with Crippen LogP contribution in [0.25, 0.3) is 5.69 Å². The van der Waals surface area contributed by atoms with E-state index in [-0.39, 0.29) is 18.6 Å². The monoisotopic (exact) mass is 447 g/mol. The zero-order chi connectivity index (χ0) is 23.6. The molecular formula is C24H25N5O4. The minimum atomic E-state index is -0.653. The van der Waals surface area contributed by atoms with Gasteiger partial charge in [-0.1, -0.05) is 45.0 Å². The van der Waals surface area contributed by atoms with Gasteiger partial charge in [-0.3, -0.25) is 10.1 Å². The second kappa shape index (κ2) is 8.78.